The first-order chi connectivity index (χ1) is 10.1. The number of aliphatic hydroxyl groups is 1. The minimum atomic E-state index is -0.594. The van der Waals surface area contributed by atoms with Gasteiger partial charge in [0.15, 0.2) is 0 Å². The van der Waals surface area contributed by atoms with Crippen LogP contribution < -0.4 is 5.32 Å². The fourth-order valence-electron chi connectivity index (χ4n) is 3.47. The quantitative estimate of drug-likeness (QED) is 0.879. The van der Waals surface area contributed by atoms with E-state index in [0.717, 1.165) is 36.8 Å². The van der Waals surface area contributed by atoms with E-state index < -0.39 is 5.54 Å². The Kier molecular flexibility index (Phi) is 3.49. The number of aryl methyl sites for hydroxylation is 1. The van der Waals surface area contributed by atoms with Crippen molar-refractivity contribution in [3.63, 3.8) is 0 Å². The molecule has 2 aliphatic rings. The van der Waals surface area contributed by atoms with Gasteiger partial charge in [-0.2, -0.15) is 0 Å². The molecule has 1 aromatic carbocycles. The molecular weight excluding hydrogens is 266 g/mol. The van der Waals surface area contributed by atoms with Crippen LogP contribution in [0.15, 0.2) is 30.0 Å². The number of carbonyl (C=O) groups excluding carboxylic acids is 1. The maximum absolute atomic E-state index is 12.4. The third-order valence-electron chi connectivity index (χ3n) is 4.80. The van der Waals surface area contributed by atoms with Gasteiger partial charge in [-0.05, 0) is 43.7 Å². The van der Waals surface area contributed by atoms with Crippen LogP contribution >= 0.6 is 0 Å². The van der Waals surface area contributed by atoms with Crippen LogP contribution in [0, 0.1) is 6.92 Å². The molecule has 1 aliphatic heterocycles. The predicted octanol–water partition coefficient (Wildman–Crippen LogP) is 2.72. The van der Waals surface area contributed by atoms with E-state index in [1.165, 1.54) is 0 Å². The van der Waals surface area contributed by atoms with Gasteiger partial charge < -0.3 is 15.2 Å². The molecule has 4 heteroatoms. The van der Waals surface area contributed by atoms with E-state index in [0.29, 0.717) is 5.57 Å². The number of nitrogens with one attached hydrogen (secondary N) is 1. The van der Waals surface area contributed by atoms with E-state index in [2.05, 4.69) is 5.32 Å². The molecule has 0 bridgehead atoms. The van der Waals surface area contributed by atoms with Crippen LogP contribution in [-0.4, -0.2) is 29.8 Å². The number of amides is 1. The van der Waals surface area contributed by atoms with E-state index in [-0.39, 0.29) is 17.8 Å². The predicted molar refractivity (Wildman–Crippen MR) is 80.9 cm³/mol. The number of hydrogen-bond acceptors (Lipinski definition) is 3. The monoisotopic (exact) mass is 287 g/mol. The van der Waals surface area contributed by atoms with E-state index >= 15 is 0 Å². The standard InChI is InChI=1S/C17H21NO3/c1-11-5-3-4-6-13(11)14-15(19)17(18-16(14)20)9-7-12(21-2)8-10-17/h3-6,12,19H,7-10H2,1-2H3,(H,18,20). The Morgan fingerprint density at radius 3 is 2.57 bits per heavy atom. The average Bonchev–Trinajstić information content (AvgIpc) is 2.72. The van der Waals surface area contributed by atoms with Crippen molar-refractivity contribution >= 4 is 11.5 Å². The average molecular weight is 287 g/mol. The Balaban J connectivity index is 1.98. The molecule has 3 rings (SSSR count). The molecule has 1 saturated carbocycles. The van der Waals surface area contributed by atoms with E-state index in [4.69, 9.17) is 4.74 Å². The molecule has 1 amide bonds. The summed E-state index contributed by atoms with van der Waals surface area (Å²) in [7, 11) is 1.71. The third kappa shape index (κ3) is 2.23. The Labute approximate surface area is 124 Å². The summed E-state index contributed by atoms with van der Waals surface area (Å²) in [5.74, 6) is 0.0361. The third-order valence-corrected chi connectivity index (χ3v) is 4.80. The maximum Gasteiger partial charge on any atom is 0.256 e. The smallest absolute Gasteiger partial charge is 0.256 e. The molecule has 0 aromatic heterocycles. The first kappa shape index (κ1) is 14.1. The molecule has 1 aromatic rings. The van der Waals surface area contributed by atoms with Gasteiger partial charge in [0.2, 0.25) is 0 Å². The second kappa shape index (κ2) is 5.19. The van der Waals surface area contributed by atoms with Crippen LogP contribution in [0.25, 0.3) is 5.57 Å². The molecule has 0 saturated heterocycles. The number of benzene rings is 1. The Morgan fingerprint density at radius 2 is 1.95 bits per heavy atom. The second-order valence-electron chi connectivity index (χ2n) is 6.01. The lowest BCUT2D eigenvalue weighted by Gasteiger charge is -2.36. The molecule has 1 heterocycles. The summed E-state index contributed by atoms with van der Waals surface area (Å²) in [5.41, 5.74) is 1.66. The minimum absolute atomic E-state index is 0.169. The maximum atomic E-state index is 12.4. The van der Waals surface area contributed by atoms with Gasteiger partial charge >= 0.3 is 0 Å². The summed E-state index contributed by atoms with van der Waals surface area (Å²) >= 11 is 0. The van der Waals surface area contributed by atoms with E-state index in [1.807, 2.05) is 31.2 Å². The van der Waals surface area contributed by atoms with Gasteiger partial charge in [0, 0.05) is 7.11 Å². The zero-order valence-corrected chi connectivity index (χ0v) is 12.5. The summed E-state index contributed by atoms with van der Waals surface area (Å²) in [5, 5.41) is 13.7. The molecule has 2 N–H and O–H groups in total. The van der Waals surface area contributed by atoms with E-state index in [9.17, 15) is 9.90 Å². The van der Waals surface area contributed by atoms with Crippen molar-refractivity contribution in [2.24, 2.45) is 0 Å². The van der Waals surface area contributed by atoms with Crippen molar-refractivity contribution in [1.29, 1.82) is 0 Å². The number of rotatable bonds is 2. The van der Waals surface area contributed by atoms with Gasteiger partial charge in [-0.15, -0.1) is 0 Å². The van der Waals surface area contributed by atoms with Crippen molar-refractivity contribution in [3.05, 3.63) is 41.2 Å². The highest BCUT2D eigenvalue weighted by Gasteiger charge is 2.48. The molecule has 21 heavy (non-hydrogen) atoms. The Bertz CT molecular complexity index is 598. The Hall–Kier alpha value is -1.81. The van der Waals surface area contributed by atoms with Crippen molar-refractivity contribution in [2.45, 2.75) is 44.2 Å². The first-order valence-corrected chi connectivity index (χ1v) is 7.42. The molecule has 112 valence electrons. The van der Waals surface area contributed by atoms with Gasteiger partial charge in [0.1, 0.15) is 5.76 Å². The van der Waals surface area contributed by atoms with Crippen LogP contribution in [0.5, 0.6) is 0 Å². The molecule has 1 aliphatic carbocycles. The highest BCUT2D eigenvalue weighted by Crippen LogP contribution is 2.42. The van der Waals surface area contributed by atoms with Crippen molar-refractivity contribution in [2.75, 3.05) is 7.11 Å². The van der Waals surface area contributed by atoms with Gasteiger partial charge in [-0.3, -0.25) is 4.79 Å². The summed E-state index contributed by atoms with van der Waals surface area (Å²) in [4.78, 5) is 12.4. The lowest BCUT2D eigenvalue weighted by molar-refractivity contribution is -0.116. The summed E-state index contributed by atoms with van der Waals surface area (Å²) in [6.07, 6.45) is 3.36. The fraction of sp³-hybridized carbons (Fsp3) is 0.471. The summed E-state index contributed by atoms with van der Waals surface area (Å²) < 4.78 is 5.38. The SMILES string of the molecule is COC1CCC2(CC1)NC(=O)C(c1ccccc1C)=C2O. The highest BCUT2D eigenvalue weighted by molar-refractivity contribution is 6.23. The number of ether oxygens (including phenoxy) is 1. The molecular formula is C17H21NO3. The number of hydrogen-bond donors (Lipinski definition) is 2. The van der Waals surface area contributed by atoms with Crippen molar-refractivity contribution < 1.29 is 14.6 Å². The summed E-state index contributed by atoms with van der Waals surface area (Å²) in [6, 6.07) is 7.67. The van der Waals surface area contributed by atoms with E-state index in [1.54, 1.807) is 7.11 Å². The highest BCUT2D eigenvalue weighted by atomic mass is 16.5. The normalized spacial score (nSPS) is 29.0. The van der Waals surface area contributed by atoms with Gasteiger partial charge in [-0.25, -0.2) is 0 Å². The van der Waals surface area contributed by atoms with Crippen LogP contribution in [-0.2, 0) is 9.53 Å². The van der Waals surface area contributed by atoms with Crippen molar-refractivity contribution in [1.82, 2.24) is 5.32 Å². The molecule has 1 fully saturated rings. The molecule has 4 nitrogen and oxygen atoms in total. The zero-order chi connectivity index (χ0) is 15.0. The Morgan fingerprint density at radius 1 is 1.29 bits per heavy atom. The number of methoxy groups -OCH3 is 1. The second-order valence-corrected chi connectivity index (χ2v) is 6.01. The summed E-state index contributed by atoms with van der Waals surface area (Å²) in [6.45, 7) is 1.95. The lowest BCUT2D eigenvalue weighted by Crippen LogP contribution is -2.48. The number of carbonyl (C=O) groups is 1. The molecule has 0 unspecified atom stereocenters. The fourth-order valence-corrected chi connectivity index (χ4v) is 3.47. The first-order valence-electron chi connectivity index (χ1n) is 7.42. The molecule has 0 atom stereocenters. The van der Waals surface area contributed by atoms with Crippen LogP contribution in [0.2, 0.25) is 0 Å². The van der Waals surface area contributed by atoms with Crippen LogP contribution in [0.4, 0.5) is 0 Å². The van der Waals surface area contributed by atoms with Crippen molar-refractivity contribution in [3.8, 4) is 0 Å². The van der Waals surface area contributed by atoms with Gasteiger partial charge in [0.25, 0.3) is 5.91 Å². The number of aliphatic hydroxyl groups excluding tert-OH is 1. The minimum Gasteiger partial charge on any atom is -0.509 e. The topological polar surface area (TPSA) is 58.6 Å². The van der Waals surface area contributed by atoms with Gasteiger partial charge in [-0.1, -0.05) is 24.3 Å². The van der Waals surface area contributed by atoms with Crippen LogP contribution in [0.1, 0.15) is 36.8 Å². The zero-order valence-electron chi connectivity index (χ0n) is 12.5. The van der Waals surface area contributed by atoms with Crippen LogP contribution in [0.3, 0.4) is 0 Å². The van der Waals surface area contributed by atoms with Gasteiger partial charge in [0.05, 0.1) is 17.2 Å². The largest absolute Gasteiger partial charge is 0.509 e. The lowest BCUT2D eigenvalue weighted by atomic mass is 9.79. The molecule has 1 spiro atoms. The molecule has 0 radical (unpaired) electrons.